The van der Waals surface area contributed by atoms with Crippen molar-refractivity contribution in [2.24, 2.45) is 0 Å². The summed E-state index contributed by atoms with van der Waals surface area (Å²) < 4.78 is 4.20. The zero-order valence-electron chi connectivity index (χ0n) is 3.18. The molecular formula is C2H3HgO3. The first-order valence-electron chi connectivity index (χ1n) is 1.37. The van der Waals surface area contributed by atoms with Gasteiger partial charge in [-0.2, -0.15) is 0 Å². The summed E-state index contributed by atoms with van der Waals surface area (Å²) in [5.41, 5.74) is 0. The summed E-state index contributed by atoms with van der Waals surface area (Å²) in [6, 6.07) is 0. The van der Waals surface area contributed by atoms with Gasteiger partial charge in [-0.15, -0.1) is 0 Å². The third-order valence-corrected chi connectivity index (χ3v) is 1.54. The number of carbonyl (C=O) groups is 1. The van der Waals surface area contributed by atoms with Crippen LogP contribution in [0.1, 0.15) is 0 Å². The van der Waals surface area contributed by atoms with E-state index in [1.165, 1.54) is 0 Å². The van der Waals surface area contributed by atoms with E-state index in [0.29, 0.717) is 0 Å². The van der Waals surface area contributed by atoms with Gasteiger partial charge in [0.25, 0.3) is 0 Å². The monoisotopic (exact) mass is 277 g/mol. The van der Waals surface area contributed by atoms with Gasteiger partial charge in [0.15, 0.2) is 0 Å². The number of aliphatic hydroxyl groups is 1. The Balaban J connectivity index is 2.99. The molecule has 0 fully saturated rings. The Morgan fingerprint density at radius 3 is 2.50 bits per heavy atom. The van der Waals surface area contributed by atoms with Gasteiger partial charge >= 0.3 is 51.7 Å². The van der Waals surface area contributed by atoms with Crippen molar-refractivity contribution in [2.75, 3.05) is 6.61 Å². The van der Waals surface area contributed by atoms with Crippen LogP contribution in [0.3, 0.4) is 0 Å². The van der Waals surface area contributed by atoms with Crippen LogP contribution in [-0.2, 0) is 34.0 Å². The summed E-state index contributed by atoms with van der Waals surface area (Å²) in [7, 11) is 0. The van der Waals surface area contributed by atoms with Crippen LogP contribution in [0.15, 0.2) is 0 Å². The average molecular weight is 276 g/mol. The quantitative estimate of drug-likeness (QED) is 0.624. The molecule has 0 aromatic rings. The minimum atomic E-state index is -0.515. The molecule has 0 saturated carbocycles. The Morgan fingerprint density at radius 1 is 2.00 bits per heavy atom. The van der Waals surface area contributed by atoms with E-state index in [1.54, 1.807) is 0 Å². The first-order chi connectivity index (χ1) is 2.81. The fourth-order valence-electron chi connectivity index (χ4n) is 0.0456. The van der Waals surface area contributed by atoms with E-state index >= 15 is 0 Å². The molecule has 31 valence electrons. The number of carbonyl (C=O) groups excluding carboxylic acids is 1. The van der Waals surface area contributed by atoms with Gasteiger partial charge in [-0.3, -0.25) is 0 Å². The van der Waals surface area contributed by atoms with Gasteiger partial charge in [-0.1, -0.05) is 0 Å². The first-order valence-corrected chi connectivity index (χ1v) is 3.61. The molecule has 0 saturated heterocycles. The molecule has 6 heavy (non-hydrogen) atoms. The van der Waals surface area contributed by atoms with Crippen molar-refractivity contribution in [2.45, 2.75) is 0 Å². The van der Waals surface area contributed by atoms with Crippen LogP contribution in [0.5, 0.6) is 0 Å². The molecule has 0 aromatic heterocycles. The maximum atomic E-state index is 9.76. The van der Waals surface area contributed by atoms with Crippen LogP contribution in [0.25, 0.3) is 0 Å². The Bertz CT molecular complexity index is 46.8. The molecule has 0 aromatic carbocycles. The van der Waals surface area contributed by atoms with Crippen molar-refractivity contribution in [3.63, 3.8) is 0 Å². The summed E-state index contributed by atoms with van der Waals surface area (Å²) in [6.07, 6.45) is 0. The summed E-state index contributed by atoms with van der Waals surface area (Å²) in [5.74, 6) is -0.515. The van der Waals surface area contributed by atoms with E-state index in [-0.39, 0.29) is 26.6 Å². The van der Waals surface area contributed by atoms with Gasteiger partial charge in [-0.25, -0.2) is 0 Å². The summed E-state index contributed by atoms with van der Waals surface area (Å²) in [5, 5.41) is 7.89. The molecule has 0 rings (SSSR count). The number of hydrogen-bond donors (Lipinski definition) is 1. The van der Waals surface area contributed by atoms with Crippen molar-refractivity contribution in [3.05, 3.63) is 0 Å². The molecule has 1 N–H and O–H groups in total. The maximum absolute atomic E-state index is 9.76. The molecule has 0 bridgehead atoms. The first kappa shape index (κ1) is 6.37. The molecule has 0 aliphatic rings. The van der Waals surface area contributed by atoms with Gasteiger partial charge in [0, 0.05) is 0 Å². The van der Waals surface area contributed by atoms with Crippen molar-refractivity contribution in [3.8, 4) is 0 Å². The van der Waals surface area contributed by atoms with Crippen LogP contribution in [-0.4, -0.2) is 17.7 Å². The topological polar surface area (TPSA) is 46.5 Å². The minimum absolute atomic E-state index is 0.0338. The zero-order valence-corrected chi connectivity index (χ0v) is 8.68. The van der Waals surface area contributed by atoms with Gasteiger partial charge in [0.1, 0.15) is 0 Å². The van der Waals surface area contributed by atoms with E-state index in [9.17, 15) is 4.79 Å². The summed E-state index contributed by atoms with van der Waals surface area (Å²) in [4.78, 5) is 9.76. The van der Waals surface area contributed by atoms with Gasteiger partial charge in [0.2, 0.25) is 0 Å². The predicted octanol–water partition coefficient (Wildman–Crippen LogP) is -1.02. The molecule has 4 heteroatoms. The van der Waals surface area contributed by atoms with E-state index in [2.05, 4.69) is 2.64 Å². The van der Waals surface area contributed by atoms with E-state index in [0.717, 1.165) is 0 Å². The van der Waals surface area contributed by atoms with Gasteiger partial charge in [-0.05, 0) is 0 Å². The SMILES string of the molecule is O=C(CO)[O][Hg]. The predicted molar refractivity (Wildman–Crippen MR) is 13.2 cm³/mol. The van der Waals surface area contributed by atoms with Crippen molar-refractivity contribution >= 4 is 5.97 Å². The van der Waals surface area contributed by atoms with Crippen LogP contribution >= 0.6 is 0 Å². The van der Waals surface area contributed by atoms with Crippen molar-refractivity contribution < 1.29 is 39.1 Å². The van der Waals surface area contributed by atoms with E-state index in [1.807, 2.05) is 0 Å². The fourth-order valence-corrected chi connectivity index (χ4v) is 0.401. The summed E-state index contributed by atoms with van der Waals surface area (Å²) in [6.45, 7) is -0.483. The molecule has 0 amide bonds. The third kappa shape index (κ3) is 2.59. The Morgan fingerprint density at radius 2 is 2.50 bits per heavy atom. The number of rotatable bonds is 1. The Kier molecular flexibility index (Phi) is 3.77. The molecule has 0 atom stereocenters. The van der Waals surface area contributed by atoms with Gasteiger partial charge < -0.3 is 0 Å². The Hall–Kier alpha value is 0.365. The second-order valence-electron chi connectivity index (χ2n) is 0.674. The molecule has 0 radical (unpaired) electrons. The number of aliphatic hydroxyl groups excluding tert-OH is 1. The van der Waals surface area contributed by atoms with Crippen LogP contribution < -0.4 is 0 Å². The van der Waals surface area contributed by atoms with E-state index < -0.39 is 12.6 Å². The molecular weight excluding hydrogens is 273 g/mol. The average Bonchev–Trinajstić information content (AvgIpc) is 1.65. The van der Waals surface area contributed by atoms with Gasteiger partial charge in [0.05, 0.1) is 0 Å². The van der Waals surface area contributed by atoms with Crippen LogP contribution in [0.2, 0.25) is 0 Å². The molecule has 3 nitrogen and oxygen atoms in total. The third-order valence-electron chi connectivity index (χ3n) is 0.290. The molecule has 0 unspecified atom stereocenters. The molecule has 0 spiro atoms. The zero-order chi connectivity index (χ0) is 4.99. The normalized spacial score (nSPS) is 7.83. The summed E-state index contributed by atoms with van der Waals surface area (Å²) >= 11 is 0.0338. The van der Waals surface area contributed by atoms with Crippen LogP contribution in [0, 0.1) is 0 Å². The fraction of sp³-hybridized carbons (Fsp3) is 0.500. The Labute approximate surface area is 51.9 Å². The van der Waals surface area contributed by atoms with Crippen molar-refractivity contribution in [1.82, 2.24) is 0 Å². The standard InChI is InChI=1S/C2H4O3.Hg/c3-1-2(4)5;/h3H,1H2,(H,4,5);/q;+1/p-1. The number of hydrogen-bond acceptors (Lipinski definition) is 3. The van der Waals surface area contributed by atoms with Crippen molar-refractivity contribution in [1.29, 1.82) is 0 Å². The van der Waals surface area contributed by atoms with Crippen LogP contribution in [0.4, 0.5) is 0 Å². The molecule has 0 aliphatic heterocycles. The molecule has 0 heterocycles. The molecule has 0 aliphatic carbocycles. The second kappa shape index (κ2) is 3.55. The van der Waals surface area contributed by atoms with E-state index in [4.69, 9.17) is 5.11 Å². The second-order valence-corrected chi connectivity index (χ2v) is 1.80.